The maximum atomic E-state index is 12.7. The molecule has 0 radical (unpaired) electrons. The number of halogens is 1. The van der Waals surface area contributed by atoms with E-state index in [-0.39, 0.29) is 23.9 Å². The fourth-order valence-corrected chi connectivity index (χ4v) is 4.38. The largest absolute Gasteiger partial charge is 0.341 e. The minimum absolute atomic E-state index is 0. The number of aromatic nitrogens is 4. The second-order valence-corrected chi connectivity index (χ2v) is 8.48. The van der Waals surface area contributed by atoms with Crippen LogP contribution in [-0.4, -0.2) is 70.2 Å². The molecule has 2 saturated heterocycles. The second-order valence-electron chi connectivity index (χ2n) is 8.48. The average Bonchev–Trinajstić information content (AvgIpc) is 3.14. The number of piperazine rings is 1. The molecule has 3 aromatic rings. The summed E-state index contributed by atoms with van der Waals surface area (Å²) < 4.78 is 0. The Morgan fingerprint density at radius 3 is 2.35 bits per heavy atom. The van der Waals surface area contributed by atoms with Gasteiger partial charge in [-0.15, -0.1) is 12.4 Å². The van der Waals surface area contributed by atoms with Gasteiger partial charge < -0.3 is 20.4 Å². The van der Waals surface area contributed by atoms with E-state index >= 15 is 0 Å². The molecule has 0 aliphatic carbocycles. The van der Waals surface area contributed by atoms with Crippen LogP contribution in [0.4, 0.5) is 17.5 Å². The van der Waals surface area contributed by atoms with Crippen LogP contribution in [0.5, 0.6) is 0 Å². The van der Waals surface area contributed by atoms with Crippen molar-refractivity contribution in [2.75, 3.05) is 49.5 Å². The van der Waals surface area contributed by atoms with Gasteiger partial charge in [-0.05, 0) is 37.1 Å². The third-order valence-electron chi connectivity index (χ3n) is 6.19. The standard InChI is InChI=1S/C23H28N8O2.ClH/c32-21-19-18(15-25-29-21)27-23(31-11-3-1-2-4-12-31)28-20(19)26-17-7-5-16(6-8-17)22(33)30-13-9-24-10-14-30;/h5-8,15,24H,1-4,9-14H2,(H,29,32)(H,26,27,28);1H. The fourth-order valence-electron chi connectivity index (χ4n) is 4.38. The van der Waals surface area contributed by atoms with Gasteiger partial charge in [-0.25, -0.2) is 10.1 Å². The minimum atomic E-state index is -0.345. The Bertz CT molecular complexity index is 1190. The lowest BCUT2D eigenvalue weighted by atomic mass is 10.1. The van der Waals surface area contributed by atoms with E-state index in [9.17, 15) is 9.59 Å². The number of benzene rings is 1. The Balaban J connectivity index is 0.00000274. The molecule has 2 aromatic heterocycles. The average molecular weight is 485 g/mol. The highest BCUT2D eigenvalue weighted by Gasteiger charge is 2.19. The maximum Gasteiger partial charge on any atom is 0.277 e. The molecule has 2 aliphatic rings. The number of fused-ring (bicyclic) bond motifs is 1. The number of anilines is 3. The number of nitrogens with zero attached hydrogens (tertiary/aromatic N) is 5. The normalized spacial score (nSPS) is 16.6. The van der Waals surface area contributed by atoms with Crippen molar-refractivity contribution >= 4 is 46.7 Å². The number of rotatable bonds is 4. The Morgan fingerprint density at radius 1 is 0.941 bits per heavy atom. The molecular weight excluding hydrogens is 456 g/mol. The minimum Gasteiger partial charge on any atom is -0.341 e. The number of carbonyl (C=O) groups is 1. The molecule has 11 heteroatoms. The van der Waals surface area contributed by atoms with Crippen LogP contribution in [-0.2, 0) is 0 Å². The molecule has 10 nitrogen and oxygen atoms in total. The molecule has 0 spiro atoms. The molecule has 5 rings (SSSR count). The molecule has 0 saturated carbocycles. The summed E-state index contributed by atoms with van der Waals surface area (Å²) in [6.07, 6.45) is 6.16. The van der Waals surface area contributed by atoms with Gasteiger partial charge >= 0.3 is 0 Å². The van der Waals surface area contributed by atoms with Crippen molar-refractivity contribution in [3.05, 3.63) is 46.4 Å². The summed E-state index contributed by atoms with van der Waals surface area (Å²) in [6.45, 7) is 4.84. The van der Waals surface area contributed by atoms with Gasteiger partial charge in [0.15, 0.2) is 0 Å². The van der Waals surface area contributed by atoms with Gasteiger partial charge in [0, 0.05) is 50.5 Å². The zero-order valence-corrected chi connectivity index (χ0v) is 19.7. The van der Waals surface area contributed by atoms with E-state index in [4.69, 9.17) is 4.98 Å². The van der Waals surface area contributed by atoms with Crippen LogP contribution in [0.25, 0.3) is 10.9 Å². The monoisotopic (exact) mass is 484 g/mol. The van der Waals surface area contributed by atoms with E-state index in [2.05, 4.69) is 30.7 Å². The lowest BCUT2D eigenvalue weighted by molar-refractivity contribution is 0.0736. The van der Waals surface area contributed by atoms with E-state index in [1.54, 1.807) is 18.3 Å². The fraction of sp³-hybridized carbons (Fsp3) is 0.435. The van der Waals surface area contributed by atoms with Gasteiger partial charge in [0.25, 0.3) is 11.5 Å². The maximum absolute atomic E-state index is 12.7. The number of hydrogen-bond acceptors (Lipinski definition) is 8. The predicted octanol–water partition coefficient (Wildman–Crippen LogP) is 2.30. The molecule has 0 atom stereocenters. The van der Waals surface area contributed by atoms with Crippen molar-refractivity contribution in [3.63, 3.8) is 0 Å². The summed E-state index contributed by atoms with van der Waals surface area (Å²) in [4.78, 5) is 38.7. The lowest BCUT2D eigenvalue weighted by Gasteiger charge is -2.27. The van der Waals surface area contributed by atoms with Crippen molar-refractivity contribution in [1.82, 2.24) is 30.4 Å². The molecule has 2 aliphatic heterocycles. The van der Waals surface area contributed by atoms with E-state index < -0.39 is 0 Å². The van der Waals surface area contributed by atoms with Gasteiger partial charge in [0.2, 0.25) is 5.95 Å². The molecule has 0 unspecified atom stereocenters. The van der Waals surface area contributed by atoms with Crippen molar-refractivity contribution in [3.8, 4) is 0 Å². The zero-order chi connectivity index (χ0) is 22.6. The summed E-state index contributed by atoms with van der Waals surface area (Å²) in [6, 6.07) is 7.28. The van der Waals surface area contributed by atoms with Crippen molar-refractivity contribution in [2.45, 2.75) is 25.7 Å². The molecule has 1 aromatic carbocycles. The summed E-state index contributed by atoms with van der Waals surface area (Å²) in [5.74, 6) is 1.07. The number of amides is 1. The Kier molecular flexibility index (Phi) is 7.59. The van der Waals surface area contributed by atoms with E-state index in [1.165, 1.54) is 12.8 Å². The van der Waals surface area contributed by atoms with Gasteiger partial charge in [0.1, 0.15) is 16.7 Å². The third kappa shape index (κ3) is 5.13. The van der Waals surface area contributed by atoms with Gasteiger partial charge in [0.05, 0.1) is 6.20 Å². The molecule has 34 heavy (non-hydrogen) atoms. The molecule has 3 N–H and O–H groups in total. The molecule has 2 fully saturated rings. The number of aromatic amines is 1. The number of hydrogen-bond donors (Lipinski definition) is 3. The van der Waals surface area contributed by atoms with Gasteiger partial charge in [-0.2, -0.15) is 10.1 Å². The first-order valence-electron chi connectivity index (χ1n) is 11.6. The van der Waals surface area contributed by atoms with Crippen LogP contribution in [0, 0.1) is 0 Å². The molecule has 0 bridgehead atoms. The SMILES string of the molecule is Cl.O=C(c1ccc(Nc2nc(N3CCCCCC3)nc3cn[nH]c(=O)c23)cc1)N1CCNCC1. The highest BCUT2D eigenvalue weighted by atomic mass is 35.5. The van der Waals surface area contributed by atoms with Crippen LogP contribution in [0.3, 0.4) is 0 Å². The van der Waals surface area contributed by atoms with Gasteiger partial charge in [-0.3, -0.25) is 9.59 Å². The summed E-state index contributed by atoms with van der Waals surface area (Å²) in [7, 11) is 0. The zero-order valence-electron chi connectivity index (χ0n) is 18.9. The lowest BCUT2D eigenvalue weighted by Crippen LogP contribution is -2.46. The van der Waals surface area contributed by atoms with Crippen molar-refractivity contribution < 1.29 is 4.79 Å². The first-order chi connectivity index (χ1) is 16.2. The highest BCUT2D eigenvalue weighted by molar-refractivity contribution is 5.95. The van der Waals surface area contributed by atoms with Crippen molar-refractivity contribution in [1.29, 1.82) is 0 Å². The second kappa shape index (κ2) is 10.8. The Hall–Kier alpha value is -3.24. The number of H-pyrrole nitrogens is 1. The molecule has 180 valence electrons. The molecule has 1 amide bonds. The summed E-state index contributed by atoms with van der Waals surface area (Å²) in [5, 5.41) is 13.3. The van der Waals surface area contributed by atoms with Crippen LogP contribution >= 0.6 is 12.4 Å². The van der Waals surface area contributed by atoms with Gasteiger partial charge in [-0.1, -0.05) is 12.8 Å². The predicted molar refractivity (Wildman–Crippen MR) is 134 cm³/mol. The van der Waals surface area contributed by atoms with Crippen LogP contribution in [0.15, 0.2) is 35.3 Å². The third-order valence-corrected chi connectivity index (χ3v) is 6.19. The molecular formula is C23H29ClN8O2. The summed E-state index contributed by atoms with van der Waals surface area (Å²) in [5.41, 5.74) is 1.54. The first kappa shape index (κ1) is 23.9. The van der Waals surface area contributed by atoms with E-state index in [0.717, 1.165) is 44.7 Å². The number of nitrogens with one attached hydrogen (secondary N) is 3. The number of carbonyl (C=O) groups excluding carboxylic acids is 1. The molecule has 4 heterocycles. The van der Waals surface area contributed by atoms with E-state index in [1.807, 2.05) is 17.0 Å². The van der Waals surface area contributed by atoms with Crippen LogP contribution < -0.4 is 21.1 Å². The Morgan fingerprint density at radius 2 is 1.65 bits per heavy atom. The topological polar surface area (TPSA) is 119 Å². The summed E-state index contributed by atoms with van der Waals surface area (Å²) >= 11 is 0. The smallest absolute Gasteiger partial charge is 0.277 e. The first-order valence-corrected chi connectivity index (χ1v) is 11.6. The highest BCUT2D eigenvalue weighted by Crippen LogP contribution is 2.25. The van der Waals surface area contributed by atoms with Crippen molar-refractivity contribution in [2.24, 2.45) is 0 Å². The van der Waals surface area contributed by atoms with Crippen LogP contribution in [0.2, 0.25) is 0 Å². The Labute approximate surface area is 203 Å². The quantitative estimate of drug-likeness (QED) is 0.516. The van der Waals surface area contributed by atoms with E-state index in [0.29, 0.717) is 41.3 Å². The van der Waals surface area contributed by atoms with Crippen LogP contribution in [0.1, 0.15) is 36.0 Å².